The van der Waals surface area contributed by atoms with Gasteiger partial charge in [0.15, 0.2) is 0 Å². The van der Waals surface area contributed by atoms with Crippen LogP contribution in [0.5, 0.6) is 5.75 Å². The highest BCUT2D eigenvalue weighted by Crippen LogP contribution is 2.32. The van der Waals surface area contributed by atoms with Crippen molar-refractivity contribution in [1.29, 1.82) is 5.41 Å². The molecule has 6 N–H and O–H groups in total. The van der Waals surface area contributed by atoms with Gasteiger partial charge in [-0.3, -0.25) is 5.41 Å². The van der Waals surface area contributed by atoms with Crippen LogP contribution in [0.25, 0.3) is 0 Å². The highest BCUT2D eigenvalue weighted by molar-refractivity contribution is 9.18. The molecule has 0 bridgehead atoms. The topological polar surface area (TPSA) is 123 Å². The number of hydrogen-bond acceptors (Lipinski definition) is 8. The van der Waals surface area contributed by atoms with E-state index in [9.17, 15) is 0 Å². The first-order valence-electron chi connectivity index (χ1n) is 7.18. The zero-order chi connectivity index (χ0) is 18.1. The van der Waals surface area contributed by atoms with Crippen molar-refractivity contribution in [2.24, 2.45) is 5.73 Å². The Bertz CT molecular complexity index is 698. The number of hydrogen-bond donors (Lipinski definition) is 5. The third-order valence-corrected chi connectivity index (χ3v) is 3.45. The molecule has 0 unspecified atom stereocenters. The molecule has 9 heteroatoms. The van der Waals surface area contributed by atoms with Gasteiger partial charge in [0, 0.05) is 4.90 Å². The molecule has 1 aromatic heterocycles. The summed E-state index contributed by atoms with van der Waals surface area (Å²) in [7, 11) is 1.50. The van der Waals surface area contributed by atoms with Gasteiger partial charge in [-0.15, -0.1) is 12.6 Å². The maximum atomic E-state index is 7.76. The summed E-state index contributed by atoms with van der Waals surface area (Å²) < 4.78 is 5.81. The predicted molar refractivity (Wildman–Crippen MR) is 105 cm³/mol. The summed E-state index contributed by atoms with van der Waals surface area (Å²) in [6.45, 7) is 2.64. The maximum Gasteiger partial charge on any atom is 0.146 e. The Labute approximate surface area is 155 Å². The highest BCUT2D eigenvalue weighted by atomic mass is 79.9. The molecule has 0 aliphatic carbocycles. The van der Waals surface area contributed by atoms with Gasteiger partial charge in [-0.2, -0.15) is 0 Å². The summed E-state index contributed by atoms with van der Waals surface area (Å²) in [5, 5.41) is 10.9. The lowest BCUT2D eigenvalue weighted by Gasteiger charge is -2.15. The molecule has 1 aromatic carbocycles. The van der Waals surface area contributed by atoms with Gasteiger partial charge in [-0.25, -0.2) is 9.97 Å². The van der Waals surface area contributed by atoms with Crippen LogP contribution >= 0.6 is 28.6 Å². The van der Waals surface area contributed by atoms with Crippen LogP contribution in [-0.4, -0.2) is 28.2 Å². The highest BCUT2D eigenvalue weighted by Gasteiger charge is 2.14. The number of thiol groups is 1. The SMILES string of the molecule is CCCOc1ccc(S)cc1Nc1ncnc(N)c1C(=N)Br.CN. The summed E-state index contributed by atoms with van der Waals surface area (Å²) in [5.41, 5.74) is 11.4. The molecule has 0 aliphatic heterocycles. The van der Waals surface area contributed by atoms with Gasteiger partial charge in [0.2, 0.25) is 0 Å². The Morgan fingerprint density at radius 2 is 2.08 bits per heavy atom. The van der Waals surface area contributed by atoms with E-state index < -0.39 is 0 Å². The minimum atomic E-state index is 0.103. The van der Waals surface area contributed by atoms with Crippen molar-refractivity contribution in [3.8, 4) is 5.75 Å². The minimum Gasteiger partial charge on any atom is -0.491 e. The van der Waals surface area contributed by atoms with Crippen molar-refractivity contribution >= 4 is 50.5 Å². The van der Waals surface area contributed by atoms with E-state index in [-0.39, 0.29) is 10.4 Å². The number of aromatic nitrogens is 2. The monoisotopic (exact) mass is 412 g/mol. The fourth-order valence-corrected chi connectivity index (χ4v) is 2.39. The van der Waals surface area contributed by atoms with Crippen LogP contribution in [0, 0.1) is 5.41 Å². The summed E-state index contributed by atoms with van der Waals surface area (Å²) in [6.07, 6.45) is 2.24. The second kappa shape index (κ2) is 10.1. The largest absolute Gasteiger partial charge is 0.491 e. The van der Waals surface area contributed by atoms with Gasteiger partial charge in [-0.05, 0) is 47.6 Å². The van der Waals surface area contributed by atoms with Crippen molar-refractivity contribution in [3.63, 3.8) is 0 Å². The molecule has 2 rings (SSSR count). The van der Waals surface area contributed by atoms with E-state index in [2.05, 4.69) is 49.6 Å². The van der Waals surface area contributed by atoms with Gasteiger partial charge in [0.05, 0.1) is 17.9 Å². The normalized spacial score (nSPS) is 9.71. The lowest BCUT2D eigenvalue weighted by Crippen LogP contribution is -2.08. The van der Waals surface area contributed by atoms with Crippen LogP contribution in [0.1, 0.15) is 18.9 Å². The van der Waals surface area contributed by atoms with Crippen molar-refractivity contribution in [2.45, 2.75) is 18.2 Å². The summed E-state index contributed by atoms with van der Waals surface area (Å²) in [5.74, 6) is 1.33. The van der Waals surface area contributed by atoms with Crippen LogP contribution < -0.4 is 21.5 Å². The van der Waals surface area contributed by atoms with E-state index >= 15 is 0 Å². The average Bonchev–Trinajstić information content (AvgIpc) is 2.56. The molecule has 0 saturated heterocycles. The Kier molecular flexibility index (Phi) is 8.51. The molecular formula is C15H21BrN6OS. The van der Waals surface area contributed by atoms with Gasteiger partial charge in [0.1, 0.15) is 28.3 Å². The quantitative estimate of drug-likeness (QED) is 0.366. The Morgan fingerprint density at radius 1 is 1.38 bits per heavy atom. The molecule has 24 heavy (non-hydrogen) atoms. The first-order valence-corrected chi connectivity index (χ1v) is 8.42. The average molecular weight is 413 g/mol. The number of ether oxygens (including phenoxy) is 1. The minimum absolute atomic E-state index is 0.103. The van der Waals surface area contributed by atoms with Crippen LogP contribution in [0.3, 0.4) is 0 Å². The van der Waals surface area contributed by atoms with Crippen molar-refractivity contribution < 1.29 is 4.74 Å². The summed E-state index contributed by atoms with van der Waals surface area (Å²) >= 11 is 7.45. The van der Waals surface area contributed by atoms with E-state index in [1.165, 1.54) is 13.4 Å². The number of nitrogens with zero attached hydrogens (tertiary/aromatic N) is 2. The van der Waals surface area contributed by atoms with Crippen LogP contribution in [0.4, 0.5) is 17.3 Å². The van der Waals surface area contributed by atoms with E-state index in [1.807, 2.05) is 25.1 Å². The van der Waals surface area contributed by atoms with E-state index in [1.54, 1.807) is 0 Å². The Balaban J connectivity index is 0.00000139. The third kappa shape index (κ3) is 5.36. The second-order valence-electron chi connectivity index (χ2n) is 4.45. The standard InChI is InChI=1S/C14H16BrN5OS.CH5N/c1-2-5-21-10-4-3-8(22)6-9(10)20-14-11(12(15)16)13(17)18-7-19-14;1-2/h3-4,6-7,16,22H,2,5H2,1H3,(H3,17,18,19,20);2H2,1H3. The number of rotatable bonds is 6. The second-order valence-corrected chi connectivity index (χ2v) is 5.76. The zero-order valence-corrected chi connectivity index (χ0v) is 16.0. The fourth-order valence-electron chi connectivity index (χ4n) is 1.79. The Morgan fingerprint density at radius 3 is 2.71 bits per heavy atom. The maximum absolute atomic E-state index is 7.76. The molecule has 0 radical (unpaired) electrons. The number of anilines is 3. The number of nitrogen functional groups attached to an aromatic ring is 1. The summed E-state index contributed by atoms with van der Waals surface area (Å²) in [4.78, 5) is 8.84. The fraction of sp³-hybridized carbons (Fsp3) is 0.267. The third-order valence-electron chi connectivity index (χ3n) is 2.77. The number of nitrogens with one attached hydrogen (secondary N) is 2. The molecule has 0 atom stereocenters. The molecular weight excluding hydrogens is 392 g/mol. The molecule has 7 nitrogen and oxygen atoms in total. The number of nitrogens with two attached hydrogens (primary N) is 2. The zero-order valence-electron chi connectivity index (χ0n) is 13.5. The van der Waals surface area contributed by atoms with Crippen LogP contribution in [0.2, 0.25) is 0 Å². The van der Waals surface area contributed by atoms with Gasteiger partial charge in [-0.1, -0.05) is 6.92 Å². The number of halogens is 1. The molecule has 0 saturated carbocycles. The van der Waals surface area contributed by atoms with Crippen molar-refractivity contribution in [2.75, 3.05) is 24.7 Å². The molecule has 0 fully saturated rings. The van der Waals surface area contributed by atoms with Crippen molar-refractivity contribution in [1.82, 2.24) is 9.97 Å². The van der Waals surface area contributed by atoms with Crippen LogP contribution in [0.15, 0.2) is 29.4 Å². The van der Waals surface area contributed by atoms with Gasteiger partial charge in [0.25, 0.3) is 0 Å². The number of benzene rings is 1. The van der Waals surface area contributed by atoms with E-state index in [4.69, 9.17) is 15.9 Å². The van der Waals surface area contributed by atoms with E-state index in [0.717, 1.165) is 11.3 Å². The Hall–Kier alpha value is -1.84. The van der Waals surface area contributed by atoms with E-state index in [0.29, 0.717) is 29.4 Å². The summed E-state index contributed by atoms with van der Waals surface area (Å²) in [6, 6.07) is 5.51. The molecule has 0 aliphatic rings. The van der Waals surface area contributed by atoms with Crippen LogP contribution in [-0.2, 0) is 0 Å². The lowest BCUT2D eigenvalue weighted by atomic mass is 10.2. The molecule has 1 heterocycles. The molecule has 0 amide bonds. The first-order chi connectivity index (χ1) is 11.5. The van der Waals surface area contributed by atoms with Gasteiger partial charge >= 0.3 is 0 Å². The lowest BCUT2D eigenvalue weighted by molar-refractivity contribution is 0.319. The smallest absolute Gasteiger partial charge is 0.146 e. The predicted octanol–water partition coefficient (Wildman–Crippen LogP) is 3.18. The molecule has 0 spiro atoms. The first kappa shape index (κ1) is 20.2. The molecule has 2 aromatic rings. The van der Waals surface area contributed by atoms with Crippen molar-refractivity contribution in [3.05, 3.63) is 30.1 Å². The van der Waals surface area contributed by atoms with Gasteiger partial charge < -0.3 is 21.5 Å². The molecule has 130 valence electrons.